The lowest BCUT2D eigenvalue weighted by atomic mass is 10.0. The zero-order chi connectivity index (χ0) is 20.0. The number of carbonyl (C=O) groups is 2. The van der Waals surface area contributed by atoms with Gasteiger partial charge in [-0.3, -0.25) is 9.59 Å². The van der Waals surface area contributed by atoms with Crippen LogP contribution in [0, 0.1) is 5.92 Å². The quantitative estimate of drug-likeness (QED) is 0.633. The van der Waals surface area contributed by atoms with Crippen LogP contribution in [0.5, 0.6) is 0 Å². The molecule has 0 amide bonds. The van der Waals surface area contributed by atoms with Crippen molar-refractivity contribution in [3.63, 3.8) is 0 Å². The summed E-state index contributed by atoms with van der Waals surface area (Å²) in [6.07, 6.45) is -2.98. The number of hydrogen-bond acceptors (Lipinski definition) is 8. The maximum Gasteiger partial charge on any atom is 0.303 e. The Morgan fingerprint density at radius 2 is 1.39 bits per heavy atom. The molecule has 168 valence electrons. The second-order valence-corrected chi connectivity index (χ2v) is 8.82. The molecule has 0 saturated carbocycles. The smallest absolute Gasteiger partial charge is 0.303 e. The number of thioether (sulfide) groups is 2. The third-order valence-corrected chi connectivity index (χ3v) is 7.22. The van der Waals surface area contributed by atoms with Crippen LogP contribution in [-0.4, -0.2) is 68.6 Å². The van der Waals surface area contributed by atoms with Crippen LogP contribution in [0.25, 0.3) is 0 Å². The Kier molecular flexibility index (Phi) is 14.4. The van der Waals surface area contributed by atoms with E-state index in [0.717, 1.165) is 18.2 Å². The van der Waals surface area contributed by atoms with Crippen molar-refractivity contribution in [2.24, 2.45) is 5.92 Å². The third-order valence-electron chi connectivity index (χ3n) is 4.08. The highest BCUT2D eigenvalue weighted by Gasteiger charge is 2.45. The maximum atomic E-state index is 13.5. The lowest BCUT2D eigenvalue weighted by molar-refractivity contribution is -0.146. The van der Waals surface area contributed by atoms with E-state index in [2.05, 4.69) is 4.74 Å². The van der Waals surface area contributed by atoms with Crippen molar-refractivity contribution in [2.75, 3.05) is 6.61 Å². The maximum absolute atomic E-state index is 13.5. The summed E-state index contributed by atoms with van der Waals surface area (Å²) in [6, 6.07) is 0. The average Bonchev–Trinajstić information content (AvgIpc) is 2.99. The number of hydrogen-bond donors (Lipinski definition) is 2. The molecule has 0 radical (unpaired) electrons. The number of halogens is 2. The third kappa shape index (κ3) is 8.04. The molecule has 2 fully saturated rings. The summed E-state index contributed by atoms with van der Waals surface area (Å²) >= 11 is 2.37. The lowest BCUT2D eigenvalue weighted by Gasteiger charge is -2.13. The minimum Gasteiger partial charge on any atom is -0.448 e. The molecule has 2 aliphatic heterocycles. The summed E-state index contributed by atoms with van der Waals surface area (Å²) in [7, 11) is 0. The van der Waals surface area contributed by atoms with Crippen molar-refractivity contribution >= 4 is 35.5 Å². The number of ether oxygens (including phenoxy) is 2. The number of aliphatic hydroxyl groups is 2. The van der Waals surface area contributed by atoms with E-state index in [9.17, 15) is 23.5 Å². The highest BCUT2D eigenvalue weighted by Crippen LogP contribution is 2.42. The molecule has 0 aromatic carbocycles. The van der Waals surface area contributed by atoms with Crippen LogP contribution in [0.1, 0.15) is 49.0 Å². The van der Waals surface area contributed by atoms with Crippen LogP contribution in [-0.2, 0) is 19.1 Å². The molecule has 0 bridgehead atoms. The van der Waals surface area contributed by atoms with Gasteiger partial charge in [0.1, 0.15) is 6.10 Å². The van der Waals surface area contributed by atoms with E-state index in [0.29, 0.717) is 0 Å². The fraction of sp³-hybridized carbons (Fsp3) is 0.889. The van der Waals surface area contributed by atoms with E-state index >= 15 is 0 Å². The first-order valence-corrected chi connectivity index (χ1v) is 10.2. The van der Waals surface area contributed by atoms with Crippen LogP contribution in [0.4, 0.5) is 8.78 Å². The topological polar surface area (TPSA) is 93.1 Å². The van der Waals surface area contributed by atoms with Crippen molar-refractivity contribution in [2.45, 2.75) is 88.8 Å². The Balaban J connectivity index is 0. The highest BCUT2D eigenvalue weighted by atomic mass is 32.2. The fourth-order valence-corrected chi connectivity index (χ4v) is 5.42. The van der Waals surface area contributed by atoms with Crippen LogP contribution < -0.4 is 0 Å². The minimum absolute atomic E-state index is 0. The summed E-state index contributed by atoms with van der Waals surface area (Å²) in [5, 5.41) is 17.6. The van der Waals surface area contributed by atoms with E-state index in [1.807, 2.05) is 13.8 Å². The Morgan fingerprint density at radius 3 is 1.71 bits per heavy atom. The molecule has 2 saturated heterocycles. The van der Waals surface area contributed by atoms with Crippen LogP contribution in [0.15, 0.2) is 0 Å². The van der Waals surface area contributed by atoms with Crippen molar-refractivity contribution in [1.29, 1.82) is 0 Å². The summed E-state index contributed by atoms with van der Waals surface area (Å²) in [5.41, 5.74) is -1.58. The van der Waals surface area contributed by atoms with Gasteiger partial charge in [-0.05, 0) is 6.42 Å². The van der Waals surface area contributed by atoms with Gasteiger partial charge in [-0.25, -0.2) is 8.78 Å². The van der Waals surface area contributed by atoms with Crippen molar-refractivity contribution in [3.8, 4) is 0 Å². The molecule has 2 N–H and O–H groups in total. The monoisotopic (exact) mass is 448 g/mol. The van der Waals surface area contributed by atoms with Gasteiger partial charge < -0.3 is 19.7 Å². The van der Waals surface area contributed by atoms with Crippen LogP contribution in [0.2, 0.25) is 0 Å². The molecule has 0 aromatic rings. The number of rotatable bonds is 4. The van der Waals surface area contributed by atoms with Gasteiger partial charge in [0.05, 0.1) is 11.9 Å². The highest BCUT2D eigenvalue weighted by molar-refractivity contribution is 8.01. The second kappa shape index (κ2) is 13.6. The van der Waals surface area contributed by atoms with E-state index in [1.54, 1.807) is 0 Å². The van der Waals surface area contributed by atoms with E-state index in [4.69, 9.17) is 9.84 Å². The van der Waals surface area contributed by atoms with Gasteiger partial charge in [0, 0.05) is 25.0 Å². The molecule has 2 heterocycles. The largest absolute Gasteiger partial charge is 0.448 e. The molecule has 28 heavy (non-hydrogen) atoms. The molecule has 2 rings (SSSR count). The molecule has 0 spiro atoms. The van der Waals surface area contributed by atoms with E-state index in [1.165, 1.54) is 25.6 Å². The van der Waals surface area contributed by atoms with Gasteiger partial charge >= 0.3 is 11.9 Å². The lowest BCUT2D eigenvalue weighted by Crippen LogP contribution is -2.31. The molecular formula is C18H34F2O6S2. The number of esters is 2. The first-order chi connectivity index (χ1) is 12.1. The van der Waals surface area contributed by atoms with Crippen molar-refractivity contribution < 1.29 is 38.1 Å². The van der Waals surface area contributed by atoms with Gasteiger partial charge in [0.2, 0.25) is 0 Å². The van der Waals surface area contributed by atoms with Gasteiger partial charge in [-0.15, -0.1) is 23.5 Å². The Bertz CT molecular complexity index is 443. The molecule has 2 aliphatic rings. The zero-order valence-corrected chi connectivity index (χ0v) is 16.8. The first kappa shape index (κ1) is 29.6. The molecule has 0 aromatic heterocycles. The minimum atomic E-state index is -1.62. The van der Waals surface area contributed by atoms with Crippen LogP contribution >= 0.6 is 23.5 Å². The summed E-state index contributed by atoms with van der Waals surface area (Å²) < 4.78 is 36.1. The number of alkyl halides is 2. The normalized spacial score (nSPS) is 36.3. The molecule has 6 nitrogen and oxygen atoms in total. The Hall–Kier alpha value is -0.580. The van der Waals surface area contributed by atoms with E-state index < -0.39 is 46.5 Å². The predicted molar refractivity (Wildman–Crippen MR) is 110 cm³/mol. The Morgan fingerprint density at radius 1 is 0.964 bits per heavy atom. The number of carbonyl (C=O) groups excluding carboxylic acids is 2. The summed E-state index contributed by atoms with van der Waals surface area (Å²) in [6.45, 7) is 6.06. The second-order valence-electron chi connectivity index (χ2n) is 6.13. The first-order valence-electron chi connectivity index (χ1n) is 8.34. The average molecular weight is 449 g/mol. The Labute approximate surface area is 175 Å². The fourth-order valence-electron chi connectivity index (χ4n) is 2.65. The molecule has 2 unspecified atom stereocenters. The van der Waals surface area contributed by atoms with Crippen molar-refractivity contribution in [3.05, 3.63) is 0 Å². The van der Waals surface area contributed by atoms with E-state index in [-0.39, 0.29) is 32.6 Å². The standard InChI is InChI=1S/C9H15FO2S.C7H11FO4S.2CH4/c1-4-7-5(2)8(10)9(13-7)12-6(3)11;1-3(10)12-7-5(8)6(11)4(2-9)13-7;;/h5,7-9H,4H2,1-3H3;4-7,9,11H,2H2,1H3;2*1H4/t5-,7-,8+,9?;4-,5+,6-,7?;;/m11../s1. The molecule has 10 heteroatoms. The van der Waals surface area contributed by atoms with Crippen LogP contribution in [0.3, 0.4) is 0 Å². The van der Waals surface area contributed by atoms with Gasteiger partial charge in [-0.1, -0.05) is 28.7 Å². The molecule has 0 aliphatic carbocycles. The SMILES string of the molecule is C.C.CC(=O)OC1S[C@H](CO)[C@@H](O)[C@@H]1F.CC[C@H]1SC(OC(C)=O)[C@@H](F)[C@@H]1C. The summed E-state index contributed by atoms with van der Waals surface area (Å²) in [5.74, 6) is -1.01. The summed E-state index contributed by atoms with van der Waals surface area (Å²) in [4.78, 5) is 21.1. The number of aliphatic hydroxyl groups excluding tert-OH is 2. The molecular weight excluding hydrogens is 414 g/mol. The van der Waals surface area contributed by atoms with Gasteiger partial charge in [0.25, 0.3) is 0 Å². The predicted octanol–water partition coefficient (Wildman–Crippen LogP) is 3.33. The molecule has 8 atom stereocenters. The zero-order valence-electron chi connectivity index (χ0n) is 15.1. The van der Waals surface area contributed by atoms with Gasteiger partial charge in [-0.2, -0.15) is 0 Å². The van der Waals surface area contributed by atoms with Gasteiger partial charge in [0.15, 0.2) is 23.2 Å². The van der Waals surface area contributed by atoms with Crippen molar-refractivity contribution in [1.82, 2.24) is 0 Å².